The van der Waals surface area contributed by atoms with Gasteiger partial charge in [-0.1, -0.05) is 15.9 Å². The summed E-state index contributed by atoms with van der Waals surface area (Å²) >= 11 is 3.44. The zero-order valence-electron chi connectivity index (χ0n) is 10.7. The Morgan fingerprint density at radius 3 is 2.78 bits per heavy atom. The van der Waals surface area contributed by atoms with E-state index in [0.717, 1.165) is 21.1 Å². The van der Waals surface area contributed by atoms with Crippen molar-refractivity contribution >= 4 is 32.8 Å². The van der Waals surface area contributed by atoms with Crippen LogP contribution in [0.1, 0.15) is 23.0 Å². The predicted octanol–water partition coefficient (Wildman–Crippen LogP) is 2.91. The normalized spacial score (nSPS) is 10.7. The van der Waals surface area contributed by atoms with Gasteiger partial charge in [-0.3, -0.25) is 0 Å². The van der Waals surface area contributed by atoms with Crippen LogP contribution >= 0.6 is 15.9 Å². The van der Waals surface area contributed by atoms with Crippen LogP contribution in [0, 0.1) is 6.92 Å². The van der Waals surface area contributed by atoms with Gasteiger partial charge in [-0.25, -0.2) is 4.79 Å². The number of carbonyl (C=O) groups is 1. The largest absolute Gasteiger partial charge is 0.462 e. The van der Waals surface area contributed by atoms with E-state index in [9.17, 15) is 4.79 Å². The van der Waals surface area contributed by atoms with Crippen molar-refractivity contribution in [3.63, 3.8) is 0 Å². The molecule has 3 nitrogen and oxygen atoms in total. The van der Waals surface area contributed by atoms with Crippen molar-refractivity contribution in [2.75, 3.05) is 6.61 Å². The lowest BCUT2D eigenvalue weighted by Crippen LogP contribution is -2.33. The molecule has 0 bridgehead atoms. The maximum Gasteiger partial charge on any atom is 0.339 e. The number of esters is 1. The summed E-state index contributed by atoms with van der Waals surface area (Å²) in [4.78, 5) is 12.0. The zero-order chi connectivity index (χ0) is 13.3. The van der Waals surface area contributed by atoms with Crippen LogP contribution in [-0.2, 0) is 11.8 Å². The number of fused-ring (bicyclic) bond motifs is 1. The SMILES string of the molecule is CCOC(=O)c1cc(C)[n+](C)c2ccc(Br)cc12. The second-order valence-electron chi connectivity index (χ2n) is 4.14. The lowest BCUT2D eigenvalue weighted by molar-refractivity contribution is -0.651. The van der Waals surface area contributed by atoms with Gasteiger partial charge in [0.1, 0.15) is 7.05 Å². The molecule has 18 heavy (non-hydrogen) atoms. The van der Waals surface area contributed by atoms with Crippen molar-refractivity contribution in [3.05, 3.63) is 40.0 Å². The molecule has 0 amide bonds. The van der Waals surface area contributed by atoms with E-state index < -0.39 is 0 Å². The van der Waals surface area contributed by atoms with E-state index in [2.05, 4.69) is 20.5 Å². The molecule has 0 N–H and O–H groups in total. The summed E-state index contributed by atoms with van der Waals surface area (Å²) in [5, 5.41) is 0.899. The van der Waals surface area contributed by atoms with Crippen LogP contribution in [0.4, 0.5) is 0 Å². The monoisotopic (exact) mass is 308 g/mol. The average Bonchev–Trinajstić information content (AvgIpc) is 2.34. The number of ether oxygens (including phenoxy) is 1. The maximum atomic E-state index is 12.0. The maximum absolute atomic E-state index is 12.0. The third-order valence-corrected chi connectivity index (χ3v) is 3.48. The van der Waals surface area contributed by atoms with Gasteiger partial charge >= 0.3 is 5.97 Å². The first-order valence-electron chi connectivity index (χ1n) is 5.80. The summed E-state index contributed by atoms with van der Waals surface area (Å²) in [6, 6.07) is 7.78. The van der Waals surface area contributed by atoms with E-state index in [-0.39, 0.29) is 5.97 Å². The summed E-state index contributed by atoms with van der Waals surface area (Å²) in [6.07, 6.45) is 0. The van der Waals surface area contributed by atoms with E-state index in [1.54, 1.807) is 0 Å². The highest BCUT2D eigenvalue weighted by Crippen LogP contribution is 2.22. The van der Waals surface area contributed by atoms with E-state index in [4.69, 9.17) is 4.74 Å². The Hall–Kier alpha value is -1.42. The Bertz CT molecular complexity index is 623. The predicted molar refractivity (Wildman–Crippen MR) is 73.5 cm³/mol. The van der Waals surface area contributed by atoms with Gasteiger partial charge in [0.2, 0.25) is 5.52 Å². The molecule has 0 fully saturated rings. The quantitative estimate of drug-likeness (QED) is 0.631. The van der Waals surface area contributed by atoms with Crippen molar-refractivity contribution in [1.82, 2.24) is 0 Å². The van der Waals surface area contributed by atoms with Gasteiger partial charge in [-0.15, -0.1) is 0 Å². The summed E-state index contributed by atoms with van der Waals surface area (Å²) in [7, 11) is 1.99. The van der Waals surface area contributed by atoms with Gasteiger partial charge in [0.25, 0.3) is 0 Å². The molecule has 0 saturated carbocycles. The number of hydrogen-bond acceptors (Lipinski definition) is 2. The van der Waals surface area contributed by atoms with E-state index in [1.165, 1.54) is 0 Å². The molecule has 1 heterocycles. The lowest BCUT2D eigenvalue weighted by atomic mass is 10.1. The molecule has 0 aliphatic heterocycles. The molecular weight excluding hydrogens is 294 g/mol. The molecule has 2 aromatic rings. The molecule has 1 aromatic heterocycles. The number of aryl methyl sites for hydroxylation is 2. The molecular formula is C14H15BrNO2+. The Morgan fingerprint density at radius 2 is 2.11 bits per heavy atom. The zero-order valence-corrected chi connectivity index (χ0v) is 12.2. The topological polar surface area (TPSA) is 30.2 Å². The second kappa shape index (κ2) is 5.06. The van der Waals surface area contributed by atoms with Crippen LogP contribution in [0.3, 0.4) is 0 Å². The number of pyridine rings is 1. The number of rotatable bonds is 2. The van der Waals surface area contributed by atoms with Crippen molar-refractivity contribution in [1.29, 1.82) is 0 Å². The van der Waals surface area contributed by atoms with Crippen molar-refractivity contribution < 1.29 is 14.1 Å². The number of nitrogens with zero attached hydrogens (tertiary/aromatic N) is 1. The lowest BCUT2D eigenvalue weighted by Gasteiger charge is -2.07. The molecule has 0 aliphatic rings. The van der Waals surface area contributed by atoms with Crippen LogP contribution in [-0.4, -0.2) is 12.6 Å². The Labute approximate surface area is 115 Å². The highest BCUT2D eigenvalue weighted by Gasteiger charge is 2.19. The standard InChI is InChI=1S/C14H15BrNO2/c1-4-18-14(17)12-7-9(2)16(3)13-6-5-10(15)8-11(12)13/h5-8H,4H2,1-3H3/q+1. The van der Waals surface area contributed by atoms with Crippen molar-refractivity contribution in [2.45, 2.75) is 13.8 Å². The van der Waals surface area contributed by atoms with E-state index in [0.29, 0.717) is 12.2 Å². The summed E-state index contributed by atoms with van der Waals surface area (Å²) in [6.45, 7) is 4.17. The van der Waals surface area contributed by atoms with Gasteiger partial charge in [0, 0.05) is 23.5 Å². The molecule has 0 spiro atoms. The van der Waals surface area contributed by atoms with E-state index in [1.807, 2.05) is 45.2 Å². The first-order chi connectivity index (χ1) is 8.54. The molecule has 0 radical (unpaired) electrons. The van der Waals surface area contributed by atoms with Crippen molar-refractivity contribution in [2.24, 2.45) is 7.05 Å². The fraction of sp³-hybridized carbons (Fsp3) is 0.286. The highest BCUT2D eigenvalue weighted by atomic mass is 79.9. The molecule has 4 heteroatoms. The van der Waals surface area contributed by atoms with Gasteiger partial charge in [0.15, 0.2) is 5.69 Å². The molecule has 94 valence electrons. The number of benzene rings is 1. The number of carbonyl (C=O) groups excluding carboxylic acids is 1. The minimum Gasteiger partial charge on any atom is -0.462 e. The van der Waals surface area contributed by atoms with Gasteiger partial charge < -0.3 is 4.74 Å². The van der Waals surface area contributed by atoms with Gasteiger partial charge in [-0.05, 0) is 19.1 Å². The van der Waals surface area contributed by atoms with E-state index >= 15 is 0 Å². The molecule has 0 atom stereocenters. The summed E-state index contributed by atoms with van der Waals surface area (Å²) in [5.74, 6) is -0.274. The first kappa shape index (κ1) is 13.0. The van der Waals surface area contributed by atoms with Gasteiger partial charge in [-0.2, -0.15) is 4.57 Å². The second-order valence-corrected chi connectivity index (χ2v) is 5.06. The van der Waals surface area contributed by atoms with Gasteiger partial charge in [0.05, 0.1) is 17.6 Å². The van der Waals surface area contributed by atoms with Crippen LogP contribution in [0.5, 0.6) is 0 Å². The summed E-state index contributed by atoms with van der Waals surface area (Å²) in [5.41, 5.74) is 2.65. The minimum absolute atomic E-state index is 0.274. The highest BCUT2D eigenvalue weighted by molar-refractivity contribution is 9.10. The summed E-state index contributed by atoms with van der Waals surface area (Å²) < 4.78 is 8.12. The Morgan fingerprint density at radius 1 is 1.39 bits per heavy atom. The third kappa shape index (κ3) is 2.25. The van der Waals surface area contributed by atoms with Crippen molar-refractivity contribution in [3.8, 4) is 0 Å². The smallest absolute Gasteiger partial charge is 0.339 e. The first-order valence-corrected chi connectivity index (χ1v) is 6.60. The third-order valence-electron chi connectivity index (χ3n) is 2.99. The Balaban J connectivity index is 2.76. The average molecular weight is 309 g/mol. The molecule has 0 aliphatic carbocycles. The fourth-order valence-corrected chi connectivity index (χ4v) is 2.33. The molecule has 0 saturated heterocycles. The molecule has 2 rings (SSSR count). The molecule has 1 aromatic carbocycles. The van der Waals surface area contributed by atoms with Crippen LogP contribution in [0.2, 0.25) is 0 Å². The minimum atomic E-state index is -0.274. The fourth-order valence-electron chi connectivity index (χ4n) is 1.97. The van der Waals surface area contributed by atoms with Crippen LogP contribution < -0.4 is 4.57 Å². The molecule has 0 unspecified atom stereocenters. The number of halogens is 1. The van der Waals surface area contributed by atoms with Crippen LogP contribution in [0.25, 0.3) is 10.9 Å². The number of hydrogen-bond donors (Lipinski definition) is 0. The number of aromatic nitrogens is 1. The Kier molecular flexibility index (Phi) is 3.66. The van der Waals surface area contributed by atoms with Crippen LogP contribution in [0.15, 0.2) is 28.7 Å².